The first-order valence-corrected chi connectivity index (χ1v) is 10.7. The van der Waals surface area contributed by atoms with Crippen LogP contribution in [0, 0.1) is 10.1 Å². The van der Waals surface area contributed by atoms with Crippen molar-refractivity contribution in [1.82, 2.24) is 5.32 Å². The molecule has 1 amide bonds. The first kappa shape index (κ1) is 24.2. The first-order valence-electron chi connectivity index (χ1n) is 10.7. The van der Waals surface area contributed by atoms with E-state index in [0.717, 1.165) is 12.8 Å². The Labute approximate surface area is 196 Å². The van der Waals surface area contributed by atoms with E-state index in [9.17, 15) is 19.7 Å². The van der Waals surface area contributed by atoms with Gasteiger partial charge in [-0.2, -0.15) is 0 Å². The highest BCUT2D eigenvalue weighted by molar-refractivity contribution is 6.03. The minimum Gasteiger partial charge on any atom is -0.494 e. The lowest BCUT2D eigenvalue weighted by molar-refractivity contribution is -0.384. The van der Waals surface area contributed by atoms with Crippen LogP contribution in [-0.4, -0.2) is 23.4 Å². The molecule has 3 aromatic rings. The monoisotopic (exact) mass is 464 g/mol. The number of nitro groups is 1. The molecule has 1 heterocycles. The number of carbonyl (C=O) groups is 2. The van der Waals surface area contributed by atoms with Crippen LogP contribution < -0.4 is 10.1 Å². The Morgan fingerprint density at radius 2 is 1.91 bits per heavy atom. The molecule has 1 aromatic heterocycles. The average molecular weight is 464 g/mol. The molecule has 176 valence electrons. The Morgan fingerprint density at radius 3 is 2.59 bits per heavy atom. The van der Waals surface area contributed by atoms with Crippen molar-refractivity contribution < 1.29 is 28.4 Å². The van der Waals surface area contributed by atoms with Crippen molar-refractivity contribution in [3.63, 3.8) is 0 Å². The molecule has 0 aliphatic heterocycles. The number of unbranched alkanes of at least 4 members (excludes halogenated alkanes) is 1. The molecular weight excluding hydrogens is 440 g/mol. The SMILES string of the molecule is CCCCOc1ccc(C(=O)N/C(=C/c2cccc([N+](=O)[O-])c2)C(=O)OCc2ccco2)cc1. The number of hydrogen-bond donors (Lipinski definition) is 1. The molecular formula is C25H24N2O7. The van der Waals surface area contributed by atoms with E-state index >= 15 is 0 Å². The summed E-state index contributed by atoms with van der Waals surface area (Å²) in [5.74, 6) is -0.314. The fourth-order valence-corrected chi connectivity index (χ4v) is 2.88. The molecule has 0 fully saturated rings. The van der Waals surface area contributed by atoms with Gasteiger partial charge in [-0.15, -0.1) is 0 Å². The second-order valence-electron chi connectivity index (χ2n) is 7.25. The molecule has 0 unspecified atom stereocenters. The molecule has 0 spiro atoms. The van der Waals surface area contributed by atoms with E-state index in [1.54, 1.807) is 42.5 Å². The molecule has 0 aliphatic carbocycles. The summed E-state index contributed by atoms with van der Waals surface area (Å²) in [4.78, 5) is 36.1. The van der Waals surface area contributed by atoms with Gasteiger partial charge < -0.3 is 19.2 Å². The summed E-state index contributed by atoms with van der Waals surface area (Å²) in [6.07, 6.45) is 4.70. The molecule has 0 aliphatic rings. The van der Waals surface area contributed by atoms with Gasteiger partial charge >= 0.3 is 5.97 Å². The van der Waals surface area contributed by atoms with Crippen molar-refractivity contribution in [2.24, 2.45) is 0 Å². The predicted molar refractivity (Wildman–Crippen MR) is 124 cm³/mol. The van der Waals surface area contributed by atoms with E-state index in [2.05, 4.69) is 12.2 Å². The van der Waals surface area contributed by atoms with E-state index in [-0.39, 0.29) is 18.0 Å². The van der Waals surface area contributed by atoms with Crippen LogP contribution in [0.2, 0.25) is 0 Å². The topological polar surface area (TPSA) is 121 Å². The van der Waals surface area contributed by atoms with Gasteiger partial charge in [0, 0.05) is 17.7 Å². The predicted octanol–water partition coefficient (Wildman–Crippen LogP) is 4.88. The highest BCUT2D eigenvalue weighted by atomic mass is 16.6. The molecule has 0 saturated carbocycles. The van der Waals surface area contributed by atoms with Gasteiger partial charge in [0.05, 0.1) is 17.8 Å². The van der Waals surface area contributed by atoms with E-state index in [1.807, 2.05) is 0 Å². The van der Waals surface area contributed by atoms with E-state index in [0.29, 0.717) is 29.2 Å². The number of nitro benzene ring substituents is 1. The summed E-state index contributed by atoms with van der Waals surface area (Å²) in [7, 11) is 0. The minimum absolute atomic E-state index is 0.141. The van der Waals surface area contributed by atoms with Crippen molar-refractivity contribution in [2.45, 2.75) is 26.4 Å². The number of hydrogen-bond acceptors (Lipinski definition) is 7. The number of furan rings is 1. The van der Waals surface area contributed by atoms with Gasteiger partial charge in [0.15, 0.2) is 0 Å². The number of amides is 1. The molecule has 0 atom stereocenters. The van der Waals surface area contributed by atoms with Gasteiger partial charge in [0.1, 0.15) is 23.8 Å². The Kier molecular flexibility index (Phi) is 8.56. The largest absolute Gasteiger partial charge is 0.494 e. The Balaban J connectivity index is 1.78. The van der Waals surface area contributed by atoms with Crippen LogP contribution in [0.1, 0.15) is 41.4 Å². The molecule has 9 heteroatoms. The second-order valence-corrected chi connectivity index (χ2v) is 7.25. The maximum atomic E-state index is 12.8. The normalized spacial score (nSPS) is 11.0. The zero-order chi connectivity index (χ0) is 24.3. The fraction of sp³-hybridized carbons (Fsp3) is 0.200. The highest BCUT2D eigenvalue weighted by Gasteiger charge is 2.17. The number of nitrogens with zero attached hydrogens (tertiary/aromatic N) is 1. The van der Waals surface area contributed by atoms with Crippen molar-refractivity contribution >= 4 is 23.6 Å². The number of esters is 1. The lowest BCUT2D eigenvalue weighted by atomic mass is 10.1. The van der Waals surface area contributed by atoms with Crippen LogP contribution in [0.5, 0.6) is 5.75 Å². The van der Waals surface area contributed by atoms with E-state index in [4.69, 9.17) is 13.9 Å². The maximum absolute atomic E-state index is 12.8. The van der Waals surface area contributed by atoms with Gasteiger partial charge in [-0.25, -0.2) is 4.79 Å². The molecule has 2 aromatic carbocycles. The molecule has 3 rings (SSSR count). The third kappa shape index (κ3) is 7.06. The summed E-state index contributed by atoms with van der Waals surface area (Å²) in [6.45, 7) is 2.51. The number of benzene rings is 2. The molecule has 0 bridgehead atoms. The van der Waals surface area contributed by atoms with Crippen molar-refractivity contribution in [2.75, 3.05) is 6.61 Å². The lowest BCUT2D eigenvalue weighted by Gasteiger charge is -2.11. The van der Waals surface area contributed by atoms with Gasteiger partial charge in [-0.3, -0.25) is 14.9 Å². The highest BCUT2D eigenvalue weighted by Crippen LogP contribution is 2.17. The molecule has 34 heavy (non-hydrogen) atoms. The number of non-ortho nitro benzene ring substituents is 1. The summed E-state index contributed by atoms with van der Waals surface area (Å²) in [6, 6.07) is 15.5. The standard InChI is InChI=1S/C25H24N2O7/c1-2-3-13-32-21-11-9-19(10-12-21)24(28)26-23(25(29)34-17-22-8-5-14-33-22)16-18-6-4-7-20(15-18)27(30)31/h4-12,14-16H,2-3,13,17H2,1H3,(H,26,28)/b23-16+. The van der Waals surface area contributed by atoms with Crippen LogP contribution in [0.4, 0.5) is 5.69 Å². The van der Waals surface area contributed by atoms with E-state index < -0.39 is 16.8 Å². The summed E-state index contributed by atoms with van der Waals surface area (Å²) >= 11 is 0. The number of carbonyl (C=O) groups excluding carboxylic acids is 2. The Bertz CT molecular complexity index is 1150. The van der Waals surface area contributed by atoms with Crippen LogP contribution in [0.25, 0.3) is 6.08 Å². The van der Waals surface area contributed by atoms with Crippen molar-refractivity contribution in [3.05, 3.63) is 99.6 Å². The molecule has 0 radical (unpaired) electrons. The van der Waals surface area contributed by atoms with Gasteiger partial charge in [-0.05, 0) is 54.5 Å². The molecule has 9 nitrogen and oxygen atoms in total. The zero-order valence-electron chi connectivity index (χ0n) is 18.6. The lowest BCUT2D eigenvalue weighted by Crippen LogP contribution is -2.28. The molecule has 0 saturated heterocycles. The smallest absolute Gasteiger partial charge is 0.355 e. The van der Waals surface area contributed by atoms with Crippen molar-refractivity contribution in [1.29, 1.82) is 0 Å². The fourth-order valence-electron chi connectivity index (χ4n) is 2.88. The maximum Gasteiger partial charge on any atom is 0.355 e. The third-order valence-electron chi connectivity index (χ3n) is 4.67. The third-order valence-corrected chi connectivity index (χ3v) is 4.67. The van der Waals surface area contributed by atoms with Crippen molar-refractivity contribution in [3.8, 4) is 5.75 Å². The molecule has 1 N–H and O–H groups in total. The summed E-state index contributed by atoms with van der Waals surface area (Å²) < 4.78 is 16.0. The Hall–Kier alpha value is -4.40. The van der Waals surface area contributed by atoms with Crippen LogP contribution >= 0.6 is 0 Å². The van der Waals surface area contributed by atoms with Gasteiger partial charge in [0.2, 0.25) is 0 Å². The van der Waals surface area contributed by atoms with Crippen LogP contribution in [0.3, 0.4) is 0 Å². The quantitative estimate of drug-likeness (QED) is 0.141. The second kappa shape index (κ2) is 12.0. The Morgan fingerprint density at radius 1 is 1.12 bits per heavy atom. The first-order chi connectivity index (χ1) is 16.5. The zero-order valence-corrected chi connectivity index (χ0v) is 18.6. The number of ether oxygens (including phenoxy) is 2. The minimum atomic E-state index is -0.823. The number of nitrogens with one attached hydrogen (secondary N) is 1. The summed E-state index contributed by atoms with van der Waals surface area (Å²) in [5.41, 5.74) is 0.313. The average Bonchev–Trinajstić information content (AvgIpc) is 3.36. The van der Waals surface area contributed by atoms with Gasteiger partial charge in [0.25, 0.3) is 11.6 Å². The van der Waals surface area contributed by atoms with E-state index in [1.165, 1.54) is 30.5 Å². The van der Waals surface area contributed by atoms with Gasteiger partial charge in [-0.1, -0.05) is 25.5 Å². The van der Waals surface area contributed by atoms with Crippen LogP contribution in [-0.2, 0) is 16.1 Å². The number of rotatable bonds is 11. The summed E-state index contributed by atoms with van der Waals surface area (Å²) in [5, 5.41) is 13.6. The van der Waals surface area contributed by atoms with Crippen LogP contribution in [0.15, 0.2) is 77.0 Å².